The fourth-order valence-corrected chi connectivity index (χ4v) is 3.32. The maximum atomic E-state index is 13.2. The van der Waals surface area contributed by atoms with Gasteiger partial charge in [0.2, 0.25) is 11.8 Å². The molecule has 0 saturated heterocycles. The van der Waals surface area contributed by atoms with Gasteiger partial charge in [-0.2, -0.15) is 0 Å². The minimum atomic E-state index is -3.74. The SMILES string of the molecule is CC(C)C(=O)NC(Cc1c[nH]c2ccccc12)C(=O)Nc1ccc2c(c1)OC(F)(F)O2. The largest absolute Gasteiger partial charge is 0.586 e. The fraction of sp³-hybridized carbons (Fsp3) is 0.273. The Morgan fingerprint density at radius 2 is 1.81 bits per heavy atom. The van der Waals surface area contributed by atoms with E-state index in [4.69, 9.17) is 0 Å². The minimum Gasteiger partial charge on any atom is -0.395 e. The Hall–Kier alpha value is -3.62. The van der Waals surface area contributed by atoms with Gasteiger partial charge in [-0.3, -0.25) is 9.59 Å². The molecule has 1 aliphatic heterocycles. The molecule has 2 aromatic carbocycles. The standard InChI is InChI=1S/C22H21F2N3O4/c1-12(2)20(28)27-17(9-13-11-25-16-6-4-3-5-15(13)16)21(29)26-14-7-8-18-19(10-14)31-22(23,24)30-18/h3-8,10-12,17,25H,9H2,1-2H3,(H,26,29)(H,27,28). The summed E-state index contributed by atoms with van der Waals surface area (Å²) in [6, 6.07) is 10.7. The van der Waals surface area contributed by atoms with Crippen molar-refractivity contribution in [3.8, 4) is 11.5 Å². The molecule has 9 heteroatoms. The van der Waals surface area contributed by atoms with Gasteiger partial charge in [0.1, 0.15) is 6.04 Å². The van der Waals surface area contributed by atoms with E-state index in [1.54, 1.807) is 20.0 Å². The van der Waals surface area contributed by atoms with E-state index in [1.807, 2.05) is 24.3 Å². The van der Waals surface area contributed by atoms with E-state index in [-0.39, 0.29) is 35.4 Å². The minimum absolute atomic E-state index is 0.119. The number of aromatic amines is 1. The van der Waals surface area contributed by atoms with E-state index in [9.17, 15) is 18.4 Å². The monoisotopic (exact) mass is 429 g/mol. The smallest absolute Gasteiger partial charge is 0.395 e. The predicted molar refractivity (Wildman–Crippen MR) is 110 cm³/mol. The number of nitrogens with one attached hydrogen (secondary N) is 3. The van der Waals surface area contributed by atoms with Crippen molar-refractivity contribution in [1.29, 1.82) is 0 Å². The third kappa shape index (κ3) is 4.45. The summed E-state index contributed by atoms with van der Waals surface area (Å²) in [4.78, 5) is 28.5. The normalized spacial score (nSPS) is 15.1. The van der Waals surface area contributed by atoms with Gasteiger partial charge in [-0.05, 0) is 23.8 Å². The molecule has 2 heterocycles. The molecule has 1 aromatic heterocycles. The number of carbonyl (C=O) groups is 2. The molecule has 0 saturated carbocycles. The zero-order valence-corrected chi connectivity index (χ0v) is 16.9. The highest BCUT2D eigenvalue weighted by Crippen LogP contribution is 2.42. The Kier molecular flexibility index (Phi) is 5.26. The summed E-state index contributed by atoms with van der Waals surface area (Å²) < 4.78 is 35.3. The number of amides is 2. The highest BCUT2D eigenvalue weighted by atomic mass is 19.3. The van der Waals surface area contributed by atoms with E-state index in [2.05, 4.69) is 25.1 Å². The third-order valence-corrected chi connectivity index (χ3v) is 4.93. The molecule has 7 nitrogen and oxygen atoms in total. The Balaban J connectivity index is 1.55. The summed E-state index contributed by atoms with van der Waals surface area (Å²) in [5.41, 5.74) is 2.03. The Morgan fingerprint density at radius 1 is 1.06 bits per heavy atom. The van der Waals surface area contributed by atoms with Gasteiger partial charge in [0, 0.05) is 41.2 Å². The number of alkyl halides is 2. The summed E-state index contributed by atoms with van der Waals surface area (Å²) in [7, 11) is 0. The molecule has 4 rings (SSSR count). The maximum absolute atomic E-state index is 13.2. The molecule has 31 heavy (non-hydrogen) atoms. The summed E-state index contributed by atoms with van der Waals surface area (Å²) in [5.74, 6) is -1.37. The molecule has 3 N–H and O–H groups in total. The van der Waals surface area contributed by atoms with Gasteiger partial charge >= 0.3 is 6.29 Å². The Bertz CT molecular complexity index is 1140. The number of benzene rings is 2. The van der Waals surface area contributed by atoms with Crippen molar-refractivity contribution in [3.05, 3.63) is 54.2 Å². The number of hydrogen-bond acceptors (Lipinski definition) is 4. The zero-order chi connectivity index (χ0) is 22.2. The number of aromatic nitrogens is 1. The summed E-state index contributed by atoms with van der Waals surface area (Å²) in [6.45, 7) is 3.46. The van der Waals surface area contributed by atoms with E-state index in [1.165, 1.54) is 18.2 Å². The summed E-state index contributed by atoms with van der Waals surface area (Å²) in [6.07, 6.45) is -1.69. The van der Waals surface area contributed by atoms with E-state index in [0.717, 1.165) is 16.5 Å². The van der Waals surface area contributed by atoms with Gasteiger partial charge < -0.3 is 25.1 Å². The average molecular weight is 429 g/mol. The molecule has 2 amide bonds. The molecular weight excluding hydrogens is 408 g/mol. The summed E-state index contributed by atoms with van der Waals surface area (Å²) in [5, 5.41) is 6.37. The van der Waals surface area contributed by atoms with Gasteiger partial charge in [-0.1, -0.05) is 32.0 Å². The number of para-hydroxylation sites is 1. The number of halogens is 2. The quantitative estimate of drug-likeness (QED) is 0.556. The van der Waals surface area contributed by atoms with Gasteiger partial charge in [0.05, 0.1) is 0 Å². The van der Waals surface area contributed by atoms with Crippen LogP contribution in [0.2, 0.25) is 0 Å². The van der Waals surface area contributed by atoms with Crippen LogP contribution in [-0.4, -0.2) is 29.1 Å². The lowest BCUT2D eigenvalue weighted by atomic mass is 10.0. The van der Waals surface area contributed by atoms with Crippen molar-refractivity contribution >= 4 is 28.4 Å². The van der Waals surface area contributed by atoms with Crippen molar-refractivity contribution < 1.29 is 27.8 Å². The zero-order valence-electron chi connectivity index (χ0n) is 16.9. The van der Waals surface area contributed by atoms with Crippen LogP contribution in [0.5, 0.6) is 11.5 Å². The number of hydrogen-bond donors (Lipinski definition) is 3. The first-order valence-electron chi connectivity index (χ1n) is 9.78. The topological polar surface area (TPSA) is 92.5 Å². The molecule has 1 unspecified atom stereocenters. The van der Waals surface area contributed by atoms with E-state index < -0.39 is 18.2 Å². The molecule has 0 spiro atoms. The predicted octanol–water partition coefficient (Wildman–Crippen LogP) is 3.81. The molecule has 0 bridgehead atoms. The van der Waals surface area contributed by atoms with Gasteiger partial charge in [-0.15, -0.1) is 8.78 Å². The fourth-order valence-electron chi connectivity index (χ4n) is 3.32. The number of ether oxygens (including phenoxy) is 2. The second kappa shape index (κ2) is 7.90. The maximum Gasteiger partial charge on any atom is 0.586 e. The van der Waals surface area contributed by atoms with E-state index in [0.29, 0.717) is 0 Å². The molecule has 162 valence electrons. The third-order valence-electron chi connectivity index (χ3n) is 4.93. The lowest BCUT2D eigenvalue weighted by Gasteiger charge is -2.19. The van der Waals surface area contributed by atoms with Crippen molar-refractivity contribution in [2.45, 2.75) is 32.6 Å². The molecule has 0 aliphatic carbocycles. The summed E-state index contributed by atoms with van der Waals surface area (Å²) >= 11 is 0. The van der Waals surface area contributed by atoms with Crippen molar-refractivity contribution in [3.63, 3.8) is 0 Å². The highest BCUT2D eigenvalue weighted by Gasteiger charge is 2.43. The molecule has 0 radical (unpaired) electrons. The van der Waals surface area contributed by atoms with Gasteiger partial charge in [0.25, 0.3) is 0 Å². The van der Waals surface area contributed by atoms with Gasteiger partial charge in [0.15, 0.2) is 11.5 Å². The Labute approximate surface area is 176 Å². The van der Waals surface area contributed by atoms with Crippen LogP contribution in [0, 0.1) is 5.92 Å². The number of H-pyrrole nitrogens is 1. The second-order valence-electron chi connectivity index (χ2n) is 7.60. The van der Waals surface area contributed by atoms with Crippen LogP contribution < -0.4 is 20.1 Å². The second-order valence-corrected chi connectivity index (χ2v) is 7.60. The number of carbonyl (C=O) groups excluding carboxylic acids is 2. The molecule has 3 aromatic rings. The lowest BCUT2D eigenvalue weighted by molar-refractivity contribution is -0.286. The molecular formula is C22H21F2N3O4. The van der Waals surface area contributed by atoms with Crippen LogP contribution in [0.1, 0.15) is 19.4 Å². The first-order valence-corrected chi connectivity index (χ1v) is 9.78. The van der Waals surface area contributed by atoms with Crippen LogP contribution >= 0.6 is 0 Å². The van der Waals surface area contributed by atoms with Crippen LogP contribution in [0.25, 0.3) is 10.9 Å². The molecule has 0 fully saturated rings. The molecule has 1 atom stereocenters. The van der Waals surface area contributed by atoms with Crippen LogP contribution in [0.15, 0.2) is 48.7 Å². The number of anilines is 1. The van der Waals surface area contributed by atoms with Crippen LogP contribution in [0.4, 0.5) is 14.5 Å². The van der Waals surface area contributed by atoms with E-state index >= 15 is 0 Å². The van der Waals surface area contributed by atoms with Crippen LogP contribution in [0.3, 0.4) is 0 Å². The lowest BCUT2D eigenvalue weighted by Crippen LogP contribution is -2.46. The van der Waals surface area contributed by atoms with Crippen molar-refractivity contribution in [2.75, 3.05) is 5.32 Å². The van der Waals surface area contributed by atoms with Crippen LogP contribution in [-0.2, 0) is 16.0 Å². The average Bonchev–Trinajstić information content (AvgIpc) is 3.25. The van der Waals surface area contributed by atoms with Gasteiger partial charge in [-0.25, -0.2) is 0 Å². The number of rotatable bonds is 6. The number of fused-ring (bicyclic) bond motifs is 2. The van der Waals surface area contributed by atoms with Crippen molar-refractivity contribution in [1.82, 2.24) is 10.3 Å². The Morgan fingerprint density at radius 3 is 2.58 bits per heavy atom. The van der Waals surface area contributed by atoms with Crippen molar-refractivity contribution in [2.24, 2.45) is 5.92 Å². The highest BCUT2D eigenvalue weighted by molar-refractivity contribution is 5.98. The first-order chi connectivity index (χ1) is 14.7. The first kappa shape index (κ1) is 20.6. The molecule has 1 aliphatic rings.